The van der Waals surface area contributed by atoms with Gasteiger partial charge in [-0.05, 0) is 49.0 Å². The fourth-order valence-corrected chi connectivity index (χ4v) is 3.10. The minimum Gasteiger partial charge on any atom is -0.330 e. The van der Waals surface area contributed by atoms with E-state index in [2.05, 4.69) is 57.1 Å². The Hall–Kier alpha value is -0.860. The van der Waals surface area contributed by atoms with Crippen molar-refractivity contribution in [1.82, 2.24) is 4.90 Å². The molecule has 17 heavy (non-hydrogen) atoms. The summed E-state index contributed by atoms with van der Waals surface area (Å²) in [4.78, 5) is 2.21. The zero-order chi connectivity index (χ0) is 12.6. The molecule has 0 bridgehead atoms. The highest BCUT2D eigenvalue weighted by atomic mass is 15.0. The van der Waals surface area contributed by atoms with Crippen LogP contribution in [-0.4, -0.2) is 25.5 Å². The molecule has 2 nitrogen and oxygen atoms in total. The lowest BCUT2D eigenvalue weighted by Gasteiger charge is -2.11. The molecule has 2 rings (SSSR count). The Bertz CT molecular complexity index is 396. The van der Waals surface area contributed by atoms with Crippen LogP contribution in [0.5, 0.6) is 0 Å². The first-order valence-corrected chi connectivity index (χ1v) is 6.40. The Balaban J connectivity index is 2.18. The smallest absolute Gasteiger partial charge is 0.0227 e. The summed E-state index contributed by atoms with van der Waals surface area (Å²) in [7, 11) is 4.22. The zero-order valence-electron chi connectivity index (χ0n) is 11.4. The largest absolute Gasteiger partial charge is 0.330 e. The lowest BCUT2D eigenvalue weighted by atomic mass is 10.0. The standard InChI is InChI=1S/C15H24N2/c1-15(2)13(9-16)14(15)12-7-5-6-11(8-12)10-17(3)4/h5-8,13-14H,9-10,16H2,1-4H3. The first kappa shape index (κ1) is 12.6. The first-order valence-electron chi connectivity index (χ1n) is 6.40. The van der Waals surface area contributed by atoms with E-state index in [4.69, 9.17) is 5.73 Å². The van der Waals surface area contributed by atoms with E-state index in [1.807, 2.05) is 0 Å². The van der Waals surface area contributed by atoms with Crippen LogP contribution in [0, 0.1) is 11.3 Å². The molecule has 0 aromatic heterocycles. The lowest BCUT2D eigenvalue weighted by molar-refractivity contribution is 0.402. The summed E-state index contributed by atoms with van der Waals surface area (Å²) < 4.78 is 0. The summed E-state index contributed by atoms with van der Waals surface area (Å²) in [6.07, 6.45) is 0. The van der Waals surface area contributed by atoms with Crippen LogP contribution in [0.1, 0.15) is 30.9 Å². The Morgan fingerprint density at radius 1 is 1.29 bits per heavy atom. The Morgan fingerprint density at radius 2 is 2.00 bits per heavy atom. The van der Waals surface area contributed by atoms with Gasteiger partial charge in [0.05, 0.1) is 0 Å². The predicted molar refractivity (Wildman–Crippen MR) is 72.9 cm³/mol. The van der Waals surface area contributed by atoms with Crippen molar-refractivity contribution in [3.05, 3.63) is 35.4 Å². The van der Waals surface area contributed by atoms with Crippen molar-refractivity contribution in [2.24, 2.45) is 17.1 Å². The van der Waals surface area contributed by atoms with E-state index in [0.29, 0.717) is 17.3 Å². The molecule has 1 saturated carbocycles. The van der Waals surface area contributed by atoms with Gasteiger partial charge in [-0.1, -0.05) is 38.1 Å². The van der Waals surface area contributed by atoms with Gasteiger partial charge < -0.3 is 10.6 Å². The van der Waals surface area contributed by atoms with E-state index < -0.39 is 0 Å². The van der Waals surface area contributed by atoms with Gasteiger partial charge in [0.15, 0.2) is 0 Å². The summed E-state index contributed by atoms with van der Waals surface area (Å²) >= 11 is 0. The van der Waals surface area contributed by atoms with Gasteiger partial charge >= 0.3 is 0 Å². The van der Waals surface area contributed by atoms with Crippen molar-refractivity contribution in [2.75, 3.05) is 20.6 Å². The second-order valence-corrected chi connectivity index (χ2v) is 6.12. The van der Waals surface area contributed by atoms with Crippen LogP contribution in [0.2, 0.25) is 0 Å². The van der Waals surface area contributed by atoms with Crippen molar-refractivity contribution in [3.63, 3.8) is 0 Å². The van der Waals surface area contributed by atoms with Crippen molar-refractivity contribution in [2.45, 2.75) is 26.3 Å². The monoisotopic (exact) mass is 232 g/mol. The van der Waals surface area contributed by atoms with Crippen molar-refractivity contribution in [3.8, 4) is 0 Å². The zero-order valence-corrected chi connectivity index (χ0v) is 11.4. The highest BCUT2D eigenvalue weighted by Crippen LogP contribution is 2.63. The van der Waals surface area contributed by atoms with Gasteiger partial charge in [-0.2, -0.15) is 0 Å². The molecule has 0 saturated heterocycles. The molecule has 1 aromatic carbocycles. The van der Waals surface area contributed by atoms with Gasteiger partial charge in [-0.15, -0.1) is 0 Å². The molecule has 2 N–H and O–H groups in total. The predicted octanol–water partition coefficient (Wildman–Crippen LogP) is 2.45. The van der Waals surface area contributed by atoms with E-state index in [-0.39, 0.29) is 0 Å². The molecule has 0 aliphatic heterocycles. The number of nitrogens with two attached hydrogens (primary N) is 1. The van der Waals surface area contributed by atoms with Crippen LogP contribution in [0.25, 0.3) is 0 Å². The Morgan fingerprint density at radius 3 is 2.53 bits per heavy atom. The topological polar surface area (TPSA) is 29.3 Å². The first-order chi connectivity index (χ1) is 7.96. The molecule has 2 heteroatoms. The molecule has 2 atom stereocenters. The minimum absolute atomic E-state index is 0.380. The minimum atomic E-state index is 0.380. The molecule has 1 aromatic rings. The molecule has 0 amide bonds. The van der Waals surface area contributed by atoms with Gasteiger partial charge in [0.25, 0.3) is 0 Å². The SMILES string of the molecule is CN(C)Cc1cccc(C2C(CN)C2(C)C)c1. The van der Waals surface area contributed by atoms with E-state index in [0.717, 1.165) is 13.1 Å². The maximum Gasteiger partial charge on any atom is 0.0227 e. The van der Waals surface area contributed by atoms with Crippen LogP contribution in [0.15, 0.2) is 24.3 Å². The van der Waals surface area contributed by atoms with E-state index in [1.165, 1.54) is 11.1 Å². The maximum absolute atomic E-state index is 5.85. The summed E-state index contributed by atoms with van der Waals surface area (Å²) in [5.41, 5.74) is 9.09. The van der Waals surface area contributed by atoms with E-state index in [1.54, 1.807) is 0 Å². The number of hydrogen-bond acceptors (Lipinski definition) is 2. The number of nitrogens with zero attached hydrogens (tertiary/aromatic N) is 1. The maximum atomic E-state index is 5.85. The molecule has 0 spiro atoms. The summed E-state index contributed by atoms with van der Waals surface area (Å²) in [6, 6.07) is 8.98. The third-order valence-corrected chi connectivity index (χ3v) is 4.11. The summed E-state index contributed by atoms with van der Waals surface area (Å²) in [6.45, 7) is 6.46. The second kappa shape index (κ2) is 4.43. The van der Waals surface area contributed by atoms with Gasteiger partial charge in [-0.3, -0.25) is 0 Å². The third-order valence-electron chi connectivity index (χ3n) is 4.11. The third kappa shape index (κ3) is 2.38. The molecule has 0 heterocycles. The van der Waals surface area contributed by atoms with Crippen LogP contribution < -0.4 is 5.73 Å². The Labute approximate surface area is 105 Å². The average Bonchev–Trinajstić information content (AvgIpc) is 2.79. The van der Waals surface area contributed by atoms with Gasteiger partial charge in [0.2, 0.25) is 0 Å². The highest BCUT2D eigenvalue weighted by Gasteiger charge is 2.57. The fraction of sp³-hybridized carbons (Fsp3) is 0.600. The van der Waals surface area contributed by atoms with E-state index in [9.17, 15) is 0 Å². The summed E-state index contributed by atoms with van der Waals surface area (Å²) in [5, 5.41) is 0. The normalized spacial score (nSPS) is 26.2. The summed E-state index contributed by atoms with van der Waals surface area (Å²) in [5.74, 6) is 1.30. The molecule has 94 valence electrons. The van der Waals surface area contributed by atoms with Crippen molar-refractivity contribution >= 4 is 0 Å². The van der Waals surface area contributed by atoms with Crippen LogP contribution in [0.4, 0.5) is 0 Å². The fourth-order valence-electron chi connectivity index (χ4n) is 3.10. The number of hydrogen-bond donors (Lipinski definition) is 1. The molecule has 1 aliphatic carbocycles. The van der Waals surface area contributed by atoms with Crippen LogP contribution in [-0.2, 0) is 6.54 Å². The van der Waals surface area contributed by atoms with Gasteiger partial charge in [-0.25, -0.2) is 0 Å². The Kier molecular flexibility index (Phi) is 3.28. The number of rotatable bonds is 4. The quantitative estimate of drug-likeness (QED) is 0.864. The average molecular weight is 232 g/mol. The van der Waals surface area contributed by atoms with Crippen molar-refractivity contribution in [1.29, 1.82) is 0 Å². The molecular weight excluding hydrogens is 208 g/mol. The van der Waals surface area contributed by atoms with Gasteiger partial charge in [0.1, 0.15) is 0 Å². The number of benzene rings is 1. The van der Waals surface area contributed by atoms with Gasteiger partial charge in [0, 0.05) is 6.54 Å². The highest BCUT2D eigenvalue weighted by molar-refractivity contribution is 5.34. The van der Waals surface area contributed by atoms with E-state index >= 15 is 0 Å². The molecule has 1 fully saturated rings. The van der Waals surface area contributed by atoms with Crippen LogP contribution in [0.3, 0.4) is 0 Å². The molecule has 1 aliphatic rings. The van der Waals surface area contributed by atoms with Crippen LogP contribution >= 0.6 is 0 Å². The molecule has 2 unspecified atom stereocenters. The van der Waals surface area contributed by atoms with Crippen molar-refractivity contribution < 1.29 is 0 Å². The molecular formula is C15H24N2. The molecule has 0 radical (unpaired) electrons. The second-order valence-electron chi connectivity index (χ2n) is 6.12. The lowest BCUT2D eigenvalue weighted by Crippen LogP contribution is -2.10.